The first-order chi connectivity index (χ1) is 20.1. The molecule has 3 heterocycles. The average molecular weight is 587 g/mol. The van der Waals surface area contributed by atoms with Crippen molar-refractivity contribution in [1.29, 1.82) is 0 Å². The summed E-state index contributed by atoms with van der Waals surface area (Å²) in [6.07, 6.45) is -3.70. The Balaban J connectivity index is 1.40. The number of nitrogens with one attached hydrogen (secondary N) is 3. The number of carbonyl (C=O) groups is 2. The van der Waals surface area contributed by atoms with Crippen molar-refractivity contribution >= 4 is 23.5 Å². The molecule has 0 saturated carbocycles. The summed E-state index contributed by atoms with van der Waals surface area (Å²) in [6.45, 7) is 1.68. The molecule has 2 aliphatic heterocycles. The lowest BCUT2D eigenvalue weighted by atomic mass is 10.0. The molecule has 1 saturated heterocycles. The fraction of sp³-hybridized carbons (Fsp3) is 0.357. The monoisotopic (exact) mass is 586 g/mol. The first kappa shape index (κ1) is 29.1. The molecular formula is C28H29F3N6O5. The standard InChI is InChI=1S/C28H29F3N6O5/c1-37-14-16-5-4-6-20(23(16)26(37)39)42-25-17(28(29,30)31)12-33-27(36-25)35-18-8-7-15(11-21(18)40-2)24(38)34-19-9-10-32-13-22(19)41-3/h4-8,11-12,19,22,32H,9-10,13-14H2,1-3H3,(H,34,38)(H,33,35,36)/t19-,22-/m0/s1. The van der Waals surface area contributed by atoms with E-state index >= 15 is 0 Å². The second kappa shape index (κ2) is 11.8. The second-order valence-corrected chi connectivity index (χ2v) is 9.85. The van der Waals surface area contributed by atoms with Crippen LogP contribution in [0, 0.1) is 0 Å². The average Bonchev–Trinajstić information content (AvgIpc) is 3.26. The van der Waals surface area contributed by atoms with Gasteiger partial charge in [0, 0.05) is 39.0 Å². The van der Waals surface area contributed by atoms with E-state index in [2.05, 4.69) is 25.9 Å². The molecule has 0 radical (unpaired) electrons. The number of carbonyl (C=O) groups excluding carboxylic acids is 2. The van der Waals surface area contributed by atoms with Crippen molar-refractivity contribution < 1.29 is 37.0 Å². The maximum absolute atomic E-state index is 13.9. The van der Waals surface area contributed by atoms with Crippen LogP contribution >= 0.6 is 0 Å². The second-order valence-electron chi connectivity index (χ2n) is 9.85. The smallest absolute Gasteiger partial charge is 0.423 e. The number of methoxy groups -OCH3 is 2. The van der Waals surface area contributed by atoms with E-state index in [-0.39, 0.29) is 47.0 Å². The zero-order valence-electron chi connectivity index (χ0n) is 23.0. The summed E-state index contributed by atoms with van der Waals surface area (Å²) in [6, 6.07) is 9.11. The number of alkyl halides is 3. The molecule has 2 amide bonds. The summed E-state index contributed by atoms with van der Waals surface area (Å²) in [5, 5.41) is 9.02. The Bertz CT molecular complexity index is 1500. The van der Waals surface area contributed by atoms with E-state index in [4.69, 9.17) is 14.2 Å². The van der Waals surface area contributed by atoms with E-state index in [0.29, 0.717) is 42.5 Å². The van der Waals surface area contributed by atoms with Crippen molar-refractivity contribution in [3.8, 4) is 17.4 Å². The van der Waals surface area contributed by atoms with Gasteiger partial charge in [-0.25, -0.2) is 4.98 Å². The minimum Gasteiger partial charge on any atom is -0.495 e. The first-order valence-corrected chi connectivity index (χ1v) is 13.1. The van der Waals surface area contributed by atoms with Crippen LogP contribution in [0.4, 0.5) is 24.8 Å². The molecule has 14 heteroatoms. The highest BCUT2D eigenvalue weighted by atomic mass is 19.4. The Morgan fingerprint density at radius 3 is 2.71 bits per heavy atom. The predicted molar refractivity (Wildman–Crippen MR) is 145 cm³/mol. The number of amides is 2. The molecule has 222 valence electrons. The van der Waals surface area contributed by atoms with Gasteiger partial charge in [0.2, 0.25) is 11.8 Å². The highest BCUT2D eigenvalue weighted by Gasteiger charge is 2.37. The zero-order valence-corrected chi connectivity index (χ0v) is 23.0. The van der Waals surface area contributed by atoms with Gasteiger partial charge >= 0.3 is 6.18 Å². The van der Waals surface area contributed by atoms with Crippen molar-refractivity contribution in [2.45, 2.75) is 31.3 Å². The molecule has 0 unspecified atom stereocenters. The van der Waals surface area contributed by atoms with Gasteiger partial charge < -0.3 is 35.1 Å². The molecule has 2 aromatic carbocycles. The van der Waals surface area contributed by atoms with E-state index in [1.807, 2.05) is 0 Å². The molecule has 42 heavy (non-hydrogen) atoms. The first-order valence-electron chi connectivity index (χ1n) is 13.1. The number of halogens is 3. The van der Waals surface area contributed by atoms with Crippen LogP contribution in [0.1, 0.15) is 38.3 Å². The Kier molecular flexibility index (Phi) is 8.18. The summed E-state index contributed by atoms with van der Waals surface area (Å²) in [7, 11) is 4.57. The normalized spacial score (nSPS) is 18.4. The number of fused-ring (bicyclic) bond motifs is 1. The molecule has 2 aliphatic rings. The third-order valence-electron chi connectivity index (χ3n) is 7.10. The highest BCUT2D eigenvalue weighted by Crippen LogP contribution is 2.40. The van der Waals surface area contributed by atoms with E-state index in [1.54, 1.807) is 32.4 Å². The van der Waals surface area contributed by atoms with Gasteiger partial charge in [0.25, 0.3) is 11.8 Å². The molecule has 1 aromatic heterocycles. The van der Waals surface area contributed by atoms with Crippen molar-refractivity contribution in [2.24, 2.45) is 0 Å². The summed E-state index contributed by atoms with van der Waals surface area (Å²) in [5.74, 6) is -1.51. The molecule has 0 aliphatic carbocycles. The number of hydrogen-bond donors (Lipinski definition) is 3. The SMILES string of the molecule is COc1cc(C(=O)N[C@H]2CCNC[C@@H]2OC)ccc1Nc1ncc(C(F)(F)F)c(Oc2cccc3c2C(=O)N(C)C3)n1. The van der Waals surface area contributed by atoms with Crippen LogP contribution in [-0.4, -0.2) is 73.2 Å². The van der Waals surface area contributed by atoms with Gasteiger partial charge in [0.15, 0.2) is 0 Å². The van der Waals surface area contributed by atoms with Crippen LogP contribution in [0.2, 0.25) is 0 Å². The quantitative estimate of drug-likeness (QED) is 0.362. The van der Waals surface area contributed by atoms with E-state index < -0.39 is 17.6 Å². The number of rotatable bonds is 8. The maximum atomic E-state index is 13.9. The third-order valence-corrected chi connectivity index (χ3v) is 7.10. The number of hydrogen-bond acceptors (Lipinski definition) is 9. The topological polar surface area (TPSA) is 127 Å². The minimum atomic E-state index is -4.82. The Labute approximate surface area is 239 Å². The highest BCUT2D eigenvalue weighted by molar-refractivity contribution is 6.01. The number of anilines is 2. The summed E-state index contributed by atoms with van der Waals surface area (Å²) < 4.78 is 58.1. The van der Waals surface area contributed by atoms with Gasteiger partial charge in [0.05, 0.1) is 30.5 Å². The van der Waals surface area contributed by atoms with Crippen molar-refractivity contribution in [3.63, 3.8) is 0 Å². The van der Waals surface area contributed by atoms with Crippen LogP contribution in [0.25, 0.3) is 0 Å². The van der Waals surface area contributed by atoms with Gasteiger partial charge in [-0.3, -0.25) is 9.59 Å². The summed E-state index contributed by atoms with van der Waals surface area (Å²) >= 11 is 0. The molecule has 3 N–H and O–H groups in total. The minimum absolute atomic E-state index is 0.0468. The summed E-state index contributed by atoms with van der Waals surface area (Å²) in [5.41, 5.74) is 0.214. The van der Waals surface area contributed by atoms with Gasteiger partial charge in [-0.15, -0.1) is 0 Å². The number of aromatic nitrogens is 2. The van der Waals surface area contributed by atoms with Crippen molar-refractivity contribution in [1.82, 2.24) is 25.5 Å². The van der Waals surface area contributed by atoms with E-state index in [9.17, 15) is 22.8 Å². The zero-order chi connectivity index (χ0) is 30.0. The van der Waals surface area contributed by atoms with Crippen LogP contribution in [0.3, 0.4) is 0 Å². The fourth-order valence-electron chi connectivity index (χ4n) is 4.91. The Hall–Kier alpha value is -4.43. The summed E-state index contributed by atoms with van der Waals surface area (Å²) in [4.78, 5) is 34.8. The molecule has 2 atom stereocenters. The third kappa shape index (κ3) is 5.94. The van der Waals surface area contributed by atoms with Gasteiger partial charge in [-0.1, -0.05) is 12.1 Å². The lowest BCUT2D eigenvalue weighted by Crippen LogP contribution is -2.53. The lowest BCUT2D eigenvalue weighted by molar-refractivity contribution is -0.139. The molecule has 5 rings (SSSR count). The largest absolute Gasteiger partial charge is 0.495 e. The molecule has 11 nitrogen and oxygen atoms in total. The Morgan fingerprint density at radius 1 is 1.17 bits per heavy atom. The van der Waals surface area contributed by atoms with Crippen LogP contribution < -0.4 is 25.4 Å². The van der Waals surface area contributed by atoms with Gasteiger partial charge in [0.1, 0.15) is 17.1 Å². The molecule has 3 aromatic rings. The molecule has 1 fully saturated rings. The molecule has 0 spiro atoms. The van der Waals surface area contributed by atoms with Crippen LogP contribution in [-0.2, 0) is 17.5 Å². The predicted octanol–water partition coefficient (Wildman–Crippen LogP) is 3.73. The molecular weight excluding hydrogens is 557 g/mol. The fourth-order valence-corrected chi connectivity index (χ4v) is 4.91. The van der Waals surface area contributed by atoms with Crippen molar-refractivity contribution in [3.05, 3.63) is 64.8 Å². The van der Waals surface area contributed by atoms with Crippen LogP contribution in [0.5, 0.6) is 17.4 Å². The number of benzene rings is 2. The van der Waals surface area contributed by atoms with Gasteiger partial charge in [-0.05, 0) is 42.8 Å². The van der Waals surface area contributed by atoms with Crippen LogP contribution in [0.15, 0.2) is 42.6 Å². The lowest BCUT2D eigenvalue weighted by Gasteiger charge is -2.31. The molecule has 0 bridgehead atoms. The Morgan fingerprint density at radius 2 is 1.98 bits per heavy atom. The number of nitrogens with zero attached hydrogens (tertiary/aromatic N) is 3. The number of piperidine rings is 1. The van der Waals surface area contributed by atoms with Gasteiger partial charge in [-0.2, -0.15) is 18.2 Å². The van der Waals surface area contributed by atoms with Crippen molar-refractivity contribution in [2.75, 3.05) is 39.7 Å². The van der Waals surface area contributed by atoms with E-state index in [1.165, 1.54) is 30.2 Å². The maximum Gasteiger partial charge on any atom is 0.423 e. The van der Waals surface area contributed by atoms with E-state index in [0.717, 1.165) is 6.54 Å². The number of ether oxygens (including phenoxy) is 3.